The summed E-state index contributed by atoms with van der Waals surface area (Å²) in [5.41, 5.74) is 2.58. The maximum absolute atomic E-state index is 13.9. The molecule has 0 bridgehead atoms. The Morgan fingerprint density at radius 2 is 1.91 bits per heavy atom. The smallest absolute Gasteiger partial charge is 0.361 e. The molecule has 182 valence electrons. The van der Waals surface area contributed by atoms with Crippen molar-refractivity contribution < 1.29 is 27.8 Å². The third kappa shape index (κ3) is 4.86. The van der Waals surface area contributed by atoms with E-state index in [-0.39, 0.29) is 18.1 Å². The summed E-state index contributed by atoms with van der Waals surface area (Å²) >= 11 is 0. The van der Waals surface area contributed by atoms with Gasteiger partial charge in [-0.1, -0.05) is 11.3 Å². The largest absolute Gasteiger partial charge is 0.493 e. The summed E-state index contributed by atoms with van der Waals surface area (Å²) in [6.45, 7) is 7.35. The van der Waals surface area contributed by atoms with E-state index < -0.39 is 5.97 Å². The molecule has 0 saturated carbocycles. The number of aryl methyl sites for hydroxylation is 2. The van der Waals surface area contributed by atoms with E-state index in [1.54, 1.807) is 52.1 Å². The van der Waals surface area contributed by atoms with Gasteiger partial charge in [0.2, 0.25) is 5.89 Å². The van der Waals surface area contributed by atoms with E-state index >= 15 is 0 Å². The van der Waals surface area contributed by atoms with Crippen LogP contribution in [0.1, 0.15) is 40.1 Å². The first-order valence-electron chi connectivity index (χ1n) is 11.0. The van der Waals surface area contributed by atoms with Gasteiger partial charge < -0.3 is 18.6 Å². The zero-order chi connectivity index (χ0) is 25.1. The molecule has 0 fully saturated rings. The molecular formula is C25H25FN4O5. The number of oxazole rings is 1. The van der Waals surface area contributed by atoms with Crippen LogP contribution in [0.25, 0.3) is 17.1 Å². The van der Waals surface area contributed by atoms with Crippen molar-refractivity contribution in [3.8, 4) is 28.6 Å². The molecule has 35 heavy (non-hydrogen) atoms. The highest BCUT2D eigenvalue weighted by atomic mass is 19.1. The van der Waals surface area contributed by atoms with Gasteiger partial charge in [0.05, 0.1) is 25.1 Å². The molecule has 9 nitrogen and oxygen atoms in total. The normalized spacial score (nSPS) is 10.9. The molecule has 0 radical (unpaired) electrons. The number of benzene rings is 2. The van der Waals surface area contributed by atoms with Gasteiger partial charge in [-0.15, -0.1) is 5.10 Å². The van der Waals surface area contributed by atoms with Crippen molar-refractivity contribution >= 4 is 5.97 Å². The first kappa shape index (κ1) is 23.9. The van der Waals surface area contributed by atoms with Crippen molar-refractivity contribution in [3.05, 3.63) is 70.6 Å². The fraction of sp³-hybridized carbons (Fsp3) is 0.280. The average molecular weight is 480 g/mol. The predicted molar refractivity (Wildman–Crippen MR) is 124 cm³/mol. The predicted octanol–water partition coefficient (Wildman–Crippen LogP) is 4.75. The fourth-order valence-corrected chi connectivity index (χ4v) is 3.44. The van der Waals surface area contributed by atoms with Crippen LogP contribution in [0.5, 0.6) is 11.5 Å². The van der Waals surface area contributed by atoms with E-state index in [2.05, 4.69) is 15.3 Å². The Morgan fingerprint density at radius 1 is 1.11 bits per heavy atom. The number of hydrogen-bond acceptors (Lipinski definition) is 8. The Hall–Kier alpha value is -4.21. The van der Waals surface area contributed by atoms with Crippen LogP contribution in [-0.4, -0.2) is 39.7 Å². The first-order valence-corrected chi connectivity index (χ1v) is 11.0. The van der Waals surface area contributed by atoms with E-state index in [0.717, 1.165) is 0 Å². The SMILES string of the molecule is CCOc1ccc(-c2nc(COC(=O)c3nnn(-c4ccc(C)c(F)c4)c3C)c(C)o2)cc1OC. The highest BCUT2D eigenvalue weighted by Crippen LogP contribution is 2.33. The summed E-state index contributed by atoms with van der Waals surface area (Å²) in [5, 5.41) is 7.89. The minimum absolute atomic E-state index is 0.0311. The molecule has 4 aromatic rings. The van der Waals surface area contributed by atoms with Gasteiger partial charge in [0.25, 0.3) is 0 Å². The Balaban J connectivity index is 1.49. The lowest BCUT2D eigenvalue weighted by Crippen LogP contribution is -2.09. The molecule has 0 unspecified atom stereocenters. The van der Waals surface area contributed by atoms with Crippen LogP contribution in [0.15, 0.2) is 40.8 Å². The molecule has 2 heterocycles. The fourth-order valence-electron chi connectivity index (χ4n) is 3.44. The third-order valence-electron chi connectivity index (χ3n) is 5.43. The first-order chi connectivity index (χ1) is 16.8. The molecule has 0 spiro atoms. The summed E-state index contributed by atoms with van der Waals surface area (Å²) in [7, 11) is 1.56. The number of hydrogen-bond donors (Lipinski definition) is 0. The van der Waals surface area contributed by atoms with Gasteiger partial charge in [-0.25, -0.2) is 18.9 Å². The molecule has 0 aliphatic heterocycles. The van der Waals surface area contributed by atoms with E-state index in [4.69, 9.17) is 18.6 Å². The molecule has 0 N–H and O–H groups in total. The quantitative estimate of drug-likeness (QED) is 0.333. The van der Waals surface area contributed by atoms with Gasteiger partial charge in [0, 0.05) is 5.56 Å². The maximum Gasteiger partial charge on any atom is 0.361 e. The summed E-state index contributed by atoms with van der Waals surface area (Å²) in [4.78, 5) is 17.1. The molecule has 2 aromatic heterocycles. The Labute approximate surface area is 201 Å². The van der Waals surface area contributed by atoms with Crippen molar-refractivity contribution in [2.45, 2.75) is 34.3 Å². The molecule has 10 heteroatoms. The minimum Gasteiger partial charge on any atom is -0.493 e. The van der Waals surface area contributed by atoms with Gasteiger partial charge in [-0.3, -0.25) is 0 Å². The zero-order valence-corrected chi connectivity index (χ0v) is 20.1. The highest BCUT2D eigenvalue weighted by Gasteiger charge is 2.21. The summed E-state index contributed by atoms with van der Waals surface area (Å²) in [5.74, 6) is 1.000. The van der Waals surface area contributed by atoms with E-state index in [1.165, 1.54) is 10.7 Å². The van der Waals surface area contributed by atoms with Gasteiger partial charge in [-0.05, 0) is 63.6 Å². The molecule has 0 saturated heterocycles. The van der Waals surface area contributed by atoms with Gasteiger partial charge >= 0.3 is 5.97 Å². The number of esters is 1. The number of carbonyl (C=O) groups is 1. The van der Waals surface area contributed by atoms with Gasteiger partial charge in [-0.2, -0.15) is 0 Å². The van der Waals surface area contributed by atoms with Crippen LogP contribution < -0.4 is 9.47 Å². The number of ether oxygens (including phenoxy) is 3. The Morgan fingerprint density at radius 3 is 2.63 bits per heavy atom. The lowest BCUT2D eigenvalue weighted by Gasteiger charge is -2.09. The number of nitrogens with zero attached hydrogens (tertiary/aromatic N) is 4. The topological polar surface area (TPSA) is 102 Å². The van der Waals surface area contributed by atoms with Crippen LogP contribution >= 0.6 is 0 Å². The molecule has 2 aromatic carbocycles. The summed E-state index contributed by atoms with van der Waals surface area (Å²) in [6, 6.07) is 10.0. The molecule has 4 rings (SSSR count). The van der Waals surface area contributed by atoms with Crippen LogP contribution in [0.3, 0.4) is 0 Å². The Bertz CT molecular complexity index is 1380. The molecule has 0 aliphatic carbocycles. The van der Waals surface area contributed by atoms with Crippen molar-refractivity contribution in [3.63, 3.8) is 0 Å². The van der Waals surface area contributed by atoms with Crippen LogP contribution in [0.4, 0.5) is 4.39 Å². The Kier molecular flexibility index (Phi) is 6.81. The van der Waals surface area contributed by atoms with Crippen LogP contribution in [0.2, 0.25) is 0 Å². The van der Waals surface area contributed by atoms with Gasteiger partial charge in [0.1, 0.15) is 23.9 Å². The number of halogens is 1. The van der Waals surface area contributed by atoms with E-state index in [9.17, 15) is 9.18 Å². The minimum atomic E-state index is -0.673. The second kappa shape index (κ2) is 9.96. The van der Waals surface area contributed by atoms with Crippen molar-refractivity contribution in [1.29, 1.82) is 0 Å². The second-order valence-electron chi connectivity index (χ2n) is 7.77. The molecular weight excluding hydrogens is 455 g/mol. The maximum atomic E-state index is 13.9. The number of rotatable bonds is 8. The van der Waals surface area contributed by atoms with Crippen molar-refractivity contribution in [2.24, 2.45) is 0 Å². The highest BCUT2D eigenvalue weighted by molar-refractivity contribution is 5.88. The van der Waals surface area contributed by atoms with Crippen molar-refractivity contribution in [1.82, 2.24) is 20.0 Å². The molecule has 0 amide bonds. The third-order valence-corrected chi connectivity index (χ3v) is 5.43. The van der Waals surface area contributed by atoms with Crippen LogP contribution in [-0.2, 0) is 11.3 Å². The standard InChI is InChI=1S/C25H25FN4O5/c1-6-33-21-10-8-17(11-22(21)32-5)24-27-20(16(4)35-24)13-34-25(31)23-15(3)30(29-28-23)18-9-7-14(2)19(26)12-18/h7-12H,6,13H2,1-5H3. The molecule has 0 atom stereocenters. The average Bonchev–Trinajstić information content (AvgIpc) is 3.42. The lowest BCUT2D eigenvalue weighted by molar-refractivity contribution is 0.0459. The van der Waals surface area contributed by atoms with Crippen LogP contribution in [0, 0.1) is 26.6 Å². The van der Waals surface area contributed by atoms with Crippen molar-refractivity contribution in [2.75, 3.05) is 13.7 Å². The number of carbonyl (C=O) groups excluding carboxylic acids is 1. The van der Waals surface area contributed by atoms with Gasteiger partial charge in [0.15, 0.2) is 17.2 Å². The summed E-state index contributed by atoms with van der Waals surface area (Å²) < 4.78 is 37.5. The van der Waals surface area contributed by atoms with E-state index in [0.29, 0.717) is 58.0 Å². The number of methoxy groups -OCH3 is 1. The zero-order valence-electron chi connectivity index (χ0n) is 20.1. The second-order valence-corrected chi connectivity index (χ2v) is 7.77. The lowest BCUT2D eigenvalue weighted by atomic mass is 10.2. The van der Waals surface area contributed by atoms with E-state index in [1.807, 2.05) is 13.0 Å². The molecule has 0 aliphatic rings. The summed E-state index contributed by atoms with van der Waals surface area (Å²) in [6.07, 6.45) is 0. The monoisotopic (exact) mass is 480 g/mol. The number of aromatic nitrogens is 4.